The normalized spacial score (nSPS) is 24.9. The number of benzene rings is 2. The maximum Gasteiger partial charge on any atom is 0.199 e. The highest BCUT2D eigenvalue weighted by atomic mass is 16.5. The number of hydrogen-bond donors (Lipinski definition) is 4. The van der Waals surface area contributed by atoms with Gasteiger partial charge >= 0.3 is 0 Å². The van der Waals surface area contributed by atoms with Crippen molar-refractivity contribution < 1.29 is 24.9 Å². The number of anilines is 1. The third-order valence-corrected chi connectivity index (χ3v) is 4.60. The van der Waals surface area contributed by atoms with Gasteiger partial charge in [-0.25, -0.2) is 0 Å². The molecule has 6 nitrogen and oxygen atoms in total. The van der Waals surface area contributed by atoms with Crippen LogP contribution in [0.3, 0.4) is 0 Å². The minimum Gasteiger partial charge on any atom is -0.508 e. The summed E-state index contributed by atoms with van der Waals surface area (Å²) < 4.78 is 5.64. The molecule has 6 heteroatoms. The Labute approximate surface area is 144 Å². The minimum atomic E-state index is -1.42. The van der Waals surface area contributed by atoms with Gasteiger partial charge in [-0.05, 0) is 17.2 Å². The average molecular weight is 339 g/mol. The SMILES string of the molecule is O=C1C2=C(Nc3cc(O)ccc3[C@@H]2c2ccccc2)O[C@H](CO)[C@H]1O. The Morgan fingerprint density at radius 2 is 1.88 bits per heavy atom. The van der Waals surface area contributed by atoms with Crippen LogP contribution in [0.2, 0.25) is 0 Å². The summed E-state index contributed by atoms with van der Waals surface area (Å²) in [6.45, 7) is -0.478. The molecular formula is C19H17NO5. The Bertz CT molecular complexity index is 861. The first-order valence-corrected chi connectivity index (χ1v) is 7.99. The number of fused-ring (bicyclic) bond motifs is 1. The molecule has 0 fully saturated rings. The molecule has 2 aromatic rings. The van der Waals surface area contributed by atoms with E-state index in [2.05, 4.69) is 5.32 Å². The van der Waals surface area contributed by atoms with E-state index >= 15 is 0 Å². The first-order chi connectivity index (χ1) is 12.1. The third kappa shape index (κ3) is 2.47. The van der Waals surface area contributed by atoms with Gasteiger partial charge in [0.05, 0.1) is 12.2 Å². The van der Waals surface area contributed by atoms with Gasteiger partial charge in [-0.3, -0.25) is 4.79 Å². The van der Waals surface area contributed by atoms with E-state index in [1.54, 1.807) is 18.2 Å². The average Bonchev–Trinajstić information content (AvgIpc) is 2.63. The molecule has 4 rings (SSSR count). The Hall–Kier alpha value is -2.83. The molecule has 0 unspecified atom stereocenters. The lowest BCUT2D eigenvalue weighted by molar-refractivity contribution is -0.136. The summed E-state index contributed by atoms with van der Waals surface area (Å²) in [7, 11) is 0. The van der Waals surface area contributed by atoms with Gasteiger partial charge in [0.25, 0.3) is 0 Å². The van der Waals surface area contributed by atoms with Crippen molar-refractivity contribution in [2.45, 2.75) is 18.1 Å². The lowest BCUT2D eigenvalue weighted by Gasteiger charge is -2.37. The van der Waals surface area contributed by atoms with Crippen molar-refractivity contribution in [2.24, 2.45) is 0 Å². The van der Waals surface area contributed by atoms with Gasteiger partial charge in [0.15, 0.2) is 23.9 Å². The predicted molar refractivity (Wildman–Crippen MR) is 90.0 cm³/mol. The number of ketones is 1. The molecule has 0 spiro atoms. The summed E-state index contributed by atoms with van der Waals surface area (Å²) in [6, 6.07) is 14.3. The number of aliphatic hydroxyl groups is 2. The Morgan fingerprint density at radius 3 is 2.60 bits per heavy atom. The molecule has 3 atom stereocenters. The standard InChI is InChI=1S/C19H17NO5/c21-9-14-17(23)18(24)16-15(10-4-2-1-3-5-10)12-7-6-11(22)8-13(12)20-19(16)25-14/h1-8,14-15,17,20-23H,9H2/t14-,15+,17-/m1/s1. The molecule has 0 saturated carbocycles. The van der Waals surface area contributed by atoms with Crippen molar-refractivity contribution in [1.82, 2.24) is 0 Å². The fourth-order valence-corrected chi connectivity index (χ4v) is 3.40. The number of rotatable bonds is 2. The lowest BCUT2D eigenvalue weighted by Crippen LogP contribution is -2.46. The molecular weight excluding hydrogens is 322 g/mol. The van der Waals surface area contributed by atoms with Gasteiger partial charge in [0, 0.05) is 17.7 Å². The van der Waals surface area contributed by atoms with Gasteiger partial charge in [-0.1, -0.05) is 36.4 Å². The summed E-state index contributed by atoms with van der Waals surface area (Å²) in [4.78, 5) is 12.8. The van der Waals surface area contributed by atoms with Crippen LogP contribution >= 0.6 is 0 Å². The van der Waals surface area contributed by atoms with E-state index < -0.39 is 30.5 Å². The van der Waals surface area contributed by atoms with Crippen molar-refractivity contribution in [2.75, 3.05) is 11.9 Å². The zero-order chi connectivity index (χ0) is 17.6. The third-order valence-electron chi connectivity index (χ3n) is 4.60. The number of nitrogens with one attached hydrogen (secondary N) is 1. The minimum absolute atomic E-state index is 0.0861. The maximum absolute atomic E-state index is 12.8. The number of aliphatic hydroxyl groups excluding tert-OH is 2. The molecule has 0 bridgehead atoms. The van der Waals surface area contributed by atoms with Crippen molar-refractivity contribution in [3.63, 3.8) is 0 Å². The summed E-state index contributed by atoms with van der Waals surface area (Å²) >= 11 is 0. The lowest BCUT2D eigenvalue weighted by atomic mass is 9.78. The van der Waals surface area contributed by atoms with E-state index in [1.807, 2.05) is 30.3 Å². The van der Waals surface area contributed by atoms with Crippen LogP contribution in [0.1, 0.15) is 17.0 Å². The number of phenols is 1. The monoisotopic (exact) mass is 339 g/mol. The number of carbonyl (C=O) groups is 1. The Balaban J connectivity index is 1.92. The number of ether oxygens (including phenoxy) is 1. The molecule has 2 aromatic carbocycles. The number of Topliss-reactive ketones (excluding diaryl/α,β-unsaturated/α-hetero) is 1. The van der Waals surface area contributed by atoms with Crippen LogP contribution < -0.4 is 5.32 Å². The molecule has 2 aliphatic rings. The van der Waals surface area contributed by atoms with Gasteiger partial charge in [-0.2, -0.15) is 0 Å². The van der Waals surface area contributed by atoms with E-state index in [1.165, 1.54) is 0 Å². The largest absolute Gasteiger partial charge is 0.508 e. The summed E-state index contributed by atoms with van der Waals surface area (Å²) in [5.74, 6) is -0.612. The van der Waals surface area contributed by atoms with Gasteiger partial charge in [0.1, 0.15) is 5.75 Å². The number of hydrogen-bond acceptors (Lipinski definition) is 6. The van der Waals surface area contributed by atoms with Crippen LogP contribution in [-0.2, 0) is 9.53 Å². The maximum atomic E-state index is 12.8. The fourth-order valence-electron chi connectivity index (χ4n) is 3.40. The van der Waals surface area contributed by atoms with E-state index in [0.29, 0.717) is 11.3 Å². The van der Waals surface area contributed by atoms with Crippen LogP contribution in [0.25, 0.3) is 0 Å². The van der Waals surface area contributed by atoms with Crippen LogP contribution in [0.5, 0.6) is 5.75 Å². The fraction of sp³-hybridized carbons (Fsp3) is 0.211. The van der Waals surface area contributed by atoms with Crippen LogP contribution in [0.15, 0.2) is 60.0 Å². The van der Waals surface area contributed by atoms with Gasteiger partial charge < -0.3 is 25.4 Å². The van der Waals surface area contributed by atoms with Crippen molar-refractivity contribution in [3.8, 4) is 5.75 Å². The summed E-state index contributed by atoms with van der Waals surface area (Å²) in [5, 5.41) is 32.4. The molecule has 128 valence electrons. The number of aromatic hydroxyl groups is 1. The summed E-state index contributed by atoms with van der Waals surface area (Å²) in [5.41, 5.74) is 2.61. The molecule has 2 heterocycles. The molecule has 25 heavy (non-hydrogen) atoms. The highest BCUT2D eigenvalue weighted by molar-refractivity contribution is 6.03. The van der Waals surface area contributed by atoms with Crippen LogP contribution in [0, 0.1) is 0 Å². The molecule has 0 radical (unpaired) electrons. The predicted octanol–water partition coefficient (Wildman–Crippen LogP) is 1.48. The first kappa shape index (κ1) is 15.7. The second-order valence-corrected chi connectivity index (χ2v) is 6.13. The van der Waals surface area contributed by atoms with Crippen molar-refractivity contribution in [3.05, 3.63) is 71.1 Å². The quantitative estimate of drug-likeness (QED) is 0.662. The summed E-state index contributed by atoms with van der Waals surface area (Å²) in [6.07, 6.45) is -2.44. The van der Waals surface area contributed by atoms with Crippen LogP contribution in [0.4, 0.5) is 5.69 Å². The number of carbonyl (C=O) groups excluding carboxylic acids is 1. The van der Waals surface area contributed by atoms with E-state index in [0.717, 1.165) is 11.1 Å². The highest BCUT2D eigenvalue weighted by Crippen LogP contribution is 2.45. The van der Waals surface area contributed by atoms with Crippen LogP contribution in [-0.4, -0.2) is 39.9 Å². The van der Waals surface area contributed by atoms with E-state index in [9.17, 15) is 20.1 Å². The Morgan fingerprint density at radius 1 is 1.12 bits per heavy atom. The van der Waals surface area contributed by atoms with Gasteiger partial charge in [0.2, 0.25) is 0 Å². The second-order valence-electron chi connectivity index (χ2n) is 6.13. The first-order valence-electron chi connectivity index (χ1n) is 7.99. The zero-order valence-corrected chi connectivity index (χ0v) is 13.2. The topological polar surface area (TPSA) is 99.0 Å². The van der Waals surface area contributed by atoms with E-state index in [-0.39, 0.29) is 11.6 Å². The number of phenolic OH excluding ortho intramolecular Hbond substituents is 1. The van der Waals surface area contributed by atoms with Gasteiger partial charge in [-0.15, -0.1) is 0 Å². The molecule has 0 saturated heterocycles. The molecule has 2 aliphatic heterocycles. The highest BCUT2D eigenvalue weighted by Gasteiger charge is 2.44. The van der Waals surface area contributed by atoms with E-state index in [4.69, 9.17) is 4.74 Å². The second kappa shape index (κ2) is 5.91. The molecule has 0 aliphatic carbocycles. The zero-order valence-electron chi connectivity index (χ0n) is 13.2. The smallest absolute Gasteiger partial charge is 0.199 e. The Kier molecular flexibility index (Phi) is 3.71. The van der Waals surface area contributed by atoms with Crippen molar-refractivity contribution in [1.29, 1.82) is 0 Å². The molecule has 0 aromatic heterocycles. The molecule has 0 amide bonds. The molecule has 4 N–H and O–H groups in total. The van der Waals surface area contributed by atoms with Crippen molar-refractivity contribution >= 4 is 11.5 Å².